The van der Waals surface area contributed by atoms with Crippen LogP contribution in [0.3, 0.4) is 0 Å². The number of benzene rings is 1. The summed E-state index contributed by atoms with van der Waals surface area (Å²) in [6.45, 7) is 2.84. The van der Waals surface area contributed by atoms with E-state index in [1.54, 1.807) is 7.11 Å². The molecule has 1 unspecified atom stereocenters. The molecule has 1 aliphatic rings. The van der Waals surface area contributed by atoms with Crippen LogP contribution in [0.1, 0.15) is 38.2 Å². The normalized spacial score (nSPS) is 19.2. The fourth-order valence-electron chi connectivity index (χ4n) is 3.27. The Hall–Kier alpha value is -1.00. The molecule has 1 aromatic rings. The van der Waals surface area contributed by atoms with Crippen LogP contribution >= 0.6 is 0 Å². The summed E-state index contributed by atoms with van der Waals surface area (Å²) in [5, 5.41) is 3.42. The monoisotopic (exact) mass is 283 g/mol. The van der Waals surface area contributed by atoms with Crippen molar-refractivity contribution < 1.29 is 13.5 Å². The molecule has 1 N–H and O–H groups in total. The summed E-state index contributed by atoms with van der Waals surface area (Å²) in [5.74, 6) is -1.01. The van der Waals surface area contributed by atoms with Crippen molar-refractivity contribution in [2.24, 2.45) is 0 Å². The van der Waals surface area contributed by atoms with E-state index in [2.05, 4.69) is 5.32 Å². The van der Waals surface area contributed by atoms with Crippen LogP contribution in [0, 0.1) is 11.6 Å². The van der Waals surface area contributed by atoms with Crippen LogP contribution in [-0.2, 0) is 11.2 Å². The third-order valence-electron chi connectivity index (χ3n) is 4.38. The number of hydrogen-bond acceptors (Lipinski definition) is 2. The molecule has 2 nitrogen and oxygen atoms in total. The van der Waals surface area contributed by atoms with Gasteiger partial charge in [-0.15, -0.1) is 0 Å². The quantitative estimate of drug-likeness (QED) is 0.863. The van der Waals surface area contributed by atoms with Gasteiger partial charge in [0.1, 0.15) is 11.6 Å². The molecule has 20 heavy (non-hydrogen) atoms. The highest BCUT2D eigenvalue weighted by Gasteiger charge is 2.41. The Labute approximate surface area is 119 Å². The minimum atomic E-state index is -0.534. The molecule has 0 saturated heterocycles. The lowest BCUT2D eigenvalue weighted by Gasteiger charge is -2.37. The molecular weight excluding hydrogens is 260 g/mol. The summed E-state index contributed by atoms with van der Waals surface area (Å²) in [7, 11) is 1.73. The van der Waals surface area contributed by atoms with Crippen molar-refractivity contribution in [1.82, 2.24) is 5.32 Å². The van der Waals surface area contributed by atoms with Gasteiger partial charge in [-0.1, -0.05) is 25.8 Å². The lowest BCUT2D eigenvalue weighted by molar-refractivity contribution is -0.0353. The first-order chi connectivity index (χ1) is 9.61. The average molecular weight is 283 g/mol. The number of likely N-dealkylation sites (N-methyl/N-ethyl adjacent to an activating group) is 1. The van der Waals surface area contributed by atoms with Gasteiger partial charge in [0, 0.05) is 19.2 Å². The third kappa shape index (κ3) is 3.18. The van der Waals surface area contributed by atoms with Crippen molar-refractivity contribution >= 4 is 0 Å². The Morgan fingerprint density at radius 1 is 1.30 bits per heavy atom. The fraction of sp³-hybridized carbons (Fsp3) is 0.625. The van der Waals surface area contributed by atoms with E-state index < -0.39 is 11.6 Å². The Bertz CT molecular complexity index is 444. The van der Waals surface area contributed by atoms with E-state index in [4.69, 9.17) is 4.74 Å². The molecule has 0 spiro atoms. The lowest BCUT2D eigenvalue weighted by atomic mass is 9.87. The van der Waals surface area contributed by atoms with Crippen LogP contribution in [0.15, 0.2) is 18.2 Å². The van der Waals surface area contributed by atoms with Crippen molar-refractivity contribution in [2.75, 3.05) is 13.7 Å². The predicted molar refractivity (Wildman–Crippen MR) is 75.7 cm³/mol. The fourth-order valence-corrected chi connectivity index (χ4v) is 3.27. The van der Waals surface area contributed by atoms with Crippen molar-refractivity contribution in [3.63, 3.8) is 0 Å². The van der Waals surface area contributed by atoms with Crippen LogP contribution in [0.2, 0.25) is 0 Å². The highest BCUT2D eigenvalue weighted by Crippen LogP contribution is 2.37. The smallest absolute Gasteiger partial charge is 0.129 e. The van der Waals surface area contributed by atoms with Gasteiger partial charge in [0.15, 0.2) is 0 Å². The molecule has 2 rings (SSSR count). The molecular formula is C16H23F2NO. The number of hydrogen-bond donors (Lipinski definition) is 1. The first-order valence-corrected chi connectivity index (χ1v) is 7.34. The minimum absolute atomic E-state index is 0.0555. The maximum Gasteiger partial charge on any atom is 0.129 e. The van der Waals surface area contributed by atoms with Gasteiger partial charge >= 0.3 is 0 Å². The summed E-state index contributed by atoms with van der Waals surface area (Å²) in [6.07, 6.45) is 4.78. The third-order valence-corrected chi connectivity index (χ3v) is 4.38. The van der Waals surface area contributed by atoms with Gasteiger partial charge in [-0.3, -0.25) is 0 Å². The molecule has 1 saturated carbocycles. The van der Waals surface area contributed by atoms with E-state index in [-0.39, 0.29) is 11.6 Å². The van der Waals surface area contributed by atoms with E-state index >= 15 is 0 Å². The highest BCUT2D eigenvalue weighted by atomic mass is 19.1. The molecule has 1 fully saturated rings. The largest absolute Gasteiger partial charge is 0.377 e. The second-order valence-corrected chi connectivity index (χ2v) is 5.53. The zero-order chi connectivity index (χ0) is 14.6. The topological polar surface area (TPSA) is 21.3 Å². The molecule has 1 aliphatic carbocycles. The molecule has 1 aromatic carbocycles. The van der Waals surface area contributed by atoms with Gasteiger partial charge in [0.2, 0.25) is 0 Å². The van der Waals surface area contributed by atoms with Gasteiger partial charge in [0.25, 0.3) is 0 Å². The number of nitrogens with one attached hydrogen (secondary N) is 1. The van der Waals surface area contributed by atoms with Crippen molar-refractivity contribution in [3.05, 3.63) is 35.4 Å². The summed E-state index contributed by atoms with van der Waals surface area (Å²) in [5.41, 5.74) is 0.317. The maximum absolute atomic E-state index is 13.9. The summed E-state index contributed by atoms with van der Waals surface area (Å²) in [6, 6.07) is 3.86. The molecule has 0 bridgehead atoms. The molecule has 4 heteroatoms. The van der Waals surface area contributed by atoms with Gasteiger partial charge in [-0.25, -0.2) is 8.78 Å². The summed E-state index contributed by atoms with van der Waals surface area (Å²) < 4.78 is 32.6. The second-order valence-electron chi connectivity index (χ2n) is 5.53. The summed E-state index contributed by atoms with van der Waals surface area (Å²) in [4.78, 5) is 0. The average Bonchev–Trinajstić information content (AvgIpc) is 2.91. The standard InChI is InChI=1S/C16H23F2NO/c1-3-19-15(16(20-2)8-4-5-9-16)10-12-6-7-13(17)11-14(12)18/h6-7,11,15,19H,3-5,8-10H2,1-2H3. The Balaban J connectivity index is 2.20. The van der Waals surface area contributed by atoms with Crippen molar-refractivity contribution in [3.8, 4) is 0 Å². The molecule has 1 atom stereocenters. The van der Waals surface area contributed by atoms with Crippen LogP contribution in [0.5, 0.6) is 0 Å². The molecule has 0 radical (unpaired) electrons. The summed E-state index contributed by atoms with van der Waals surface area (Å²) >= 11 is 0. The highest BCUT2D eigenvalue weighted by molar-refractivity contribution is 5.21. The molecule has 0 aliphatic heterocycles. The van der Waals surface area contributed by atoms with Gasteiger partial charge in [-0.2, -0.15) is 0 Å². The zero-order valence-electron chi connectivity index (χ0n) is 12.2. The molecule has 0 heterocycles. The number of halogens is 2. The van der Waals surface area contributed by atoms with Crippen molar-refractivity contribution in [1.29, 1.82) is 0 Å². The van der Waals surface area contributed by atoms with Gasteiger partial charge in [0.05, 0.1) is 5.60 Å². The number of rotatable bonds is 6. The van der Waals surface area contributed by atoms with Crippen LogP contribution in [-0.4, -0.2) is 25.3 Å². The Morgan fingerprint density at radius 2 is 2.00 bits per heavy atom. The van der Waals surface area contributed by atoms with Crippen LogP contribution in [0.4, 0.5) is 8.78 Å². The zero-order valence-corrected chi connectivity index (χ0v) is 12.2. The van der Waals surface area contributed by atoms with Crippen molar-refractivity contribution in [2.45, 2.75) is 50.7 Å². The molecule has 0 aromatic heterocycles. The van der Waals surface area contributed by atoms with E-state index in [1.165, 1.54) is 12.1 Å². The first-order valence-electron chi connectivity index (χ1n) is 7.34. The van der Waals surface area contributed by atoms with Crippen LogP contribution < -0.4 is 5.32 Å². The number of ether oxygens (including phenoxy) is 1. The SMILES string of the molecule is CCNC(Cc1ccc(F)cc1F)C1(OC)CCCC1. The van der Waals surface area contributed by atoms with E-state index in [0.29, 0.717) is 12.0 Å². The number of methoxy groups -OCH3 is 1. The Morgan fingerprint density at radius 3 is 2.55 bits per heavy atom. The van der Waals surface area contributed by atoms with Gasteiger partial charge in [-0.05, 0) is 37.4 Å². The lowest BCUT2D eigenvalue weighted by Crippen LogP contribution is -2.51. The first kappa shape index (κ1) is 15.4. The van der Waals surface area contributed by atoms with E-state index in [9.17, 15) is 8.78 Å². The second kappa shape index (κ2) is 6.64. The maximum atomic E-state index is 13.9. The Kier molecular flexibility index (Phi) is 5.11. The van der Waals surface area contributed by atoms with E-state index in [0.717, 1.165) is 38.3 Å². The minimum Gasteiger partial charge on any atom is -0.377 e. The molecule has 0 amide bonds. The van der Waals surface area contributed by atoms with E-state index in [1.807, 2.05) is 6.92 Å². The predicted octanol–water partition coefficient (Wildman–Crippen LogP) is 3.44. The molecule has 112 valence electrons. The van der Waals surface area contributed by atoms with Crippen LogP contribution in [0.25, 0.3) is 0 Å². The van der Waals surface area contributed by atoms with Gasteiger partial charge < -0.3 is 10.1 Å².